The Morgan fingerprint density at radius 1 is 1.60 bits per heavy atom. The Morgan fingerprint density at radius 2 is 2.27 bits per heavy atom. The van der Waals surface area contributed by atoms with Gasteiger partial charge in [0.25, 0.3) is 0 Å². The number of carbonyl (C=O) groups excluding carboxylic acids is 1. The van der Waals surface area contributed by atoms with Crippen LogP contribution >= 0.6 is 11.8 Å². The molecule has 0 spiro atoms. The van der Waals surface area contributed by atoms with Gasteiger partial charge in [-0.1, -0.05) is 0 Å². The summed E-state index contributed by atoms with van der Waals surface area (Å²) in [5.41, 5.74) is -1.33. The summed E-state index contributed by atoms with van der Waals surface area (Å²) < 4.78 is 10.2. The fraction of sp³-hybridized carbons (Fsp3) is 0.889. The van der Waals surface area contributed by atoms with Crippen LogP contribution in [0.5, 0.6) is 0 Å². The summed E-state index contributed by atoms with van der Waals surface area (Å²) in [4.78, 5) is 11.5. The number of aliphatic hydroxyl groups excluding tert-OH is 2. The number of aliphatic hydroxyl groups is 2. The average molecular weight is 236 g/mol. The zero-order valence-corrected chi connectivity index (χ0v) is 9.46. The molecule has 6 heteroatoms. The zero-order valence-electron chi connectivity index (χ0n) is 8.64. The maximum absolute atomic E-state index is 11.5. The first-order valence-corrected chi connectivity index (χ1v) is 5.79. The van der Waals surface area contributed by atoms with Crippen LogP contribution in [0.1, 0.15) is 6.92 Å². The lowest BCUT2D eigenvalue weighted by Gasteiger charge is -2.22. The van der Waals surface area contributed by atoms with Crippen molar-refractivity contribution in [2.75, 3.05) is 32.2 Å². The van der Waals surface area contributed by atoms with Crippen molar-refractivity contribution < 1.29 is 24.5 Å². The van der Waals surface area contributed by atoms with Gasteiger partial charge in [0, 0.05) is 5.75 Å². The van der Waals surface area contributed by atoms with Crippen LogP contribution in [0.15, 0.2) is 0 Å². The average Bonchev–Trinajstić information content (AvgIpc) is 2.77. The predicted molar refractivity (Wildman–Crippen MR) is 55.4 cm³/mol. The lowest BCUT2D eigenvalue weighted by molar-refractivity contribution is -0.162. The van der Waals surface area contributed by atoms with E-state index in [-0.39, 0.29) is 12.0 Å². The third-order valence-corrected chi connectivity index (χ3v) is 3.28. The molecule has 0 aromatic carbocycles. The van der Waals surface area contributed by atoms with Crippen molar-refractivity contribution >= 4 is 17.7 Å². The van der Waals surface area contributed by atoms with Gasteiger partial charge in [-0.25, -0.2) is 0 Å². The van der Waals surface area contributed by atoms with Crippen LogP contribution in [0.3, 0.4) is 0 Å². The summed E-state index contributed by atoms with van der Waals surface area (Å²) in [7, 11) is 0. The normalized spacial score (nSPS) is 21.7. The van der Waals surface area contributed by atoms with Gasteiger partial charge in [0.2, 0.25) is 0 Å². The SMILES string of the molecule is CC(CO)(CO)C(=O)OCC1OCCS1. The molecule has 1 aliphatic heterocycles. The number of thioether (sulfide) groups is 1. The highest BCUT2D eigenvalue weighted by Gasteiger charge is 2.34. The number of hydrogen-bond acceptors (Lipinski definition) is 6. The quantitative estimate of drug-likeness (QED) is 0.633. The van der Waals surface area contributed by atoms with Gasteiger partial charge >= 0.3 is 5.97 Å². The molecule has 0 radical (unpaired) electrons. The minimum absolute atomic E-state index is 0.115. The third-order valence-electron chi connectivity index (χ3n) is 2.23. The summed E-state index contributed by atoms with van der Waals surface area (Å²) in [6.45, 7) is 1.43. The highest BCUT2D eigenvalue weighted by Crippen LogP contribution is 2.22. The maximum Gasteiger partial charge on any atom is 0.316 e. The summed E-state index contributed by atoms with van der Waals surface area (Å²) >= 11 is 1.59. The molecule has 1 heterocycles. The Balaban J connectivity index is 2.33. The van der Waals surface area contributed by atoms with E-state index < -0.39 is 24.6 Å². The molecule has 0 saturated carbocycles. The first kappa shape index (κ1) is 12.8. The summed E-state index contributed by atoms with van der Waals surface area (Å²) in [6.07, 6.45) is 0. The van der Waals surface area contributed by atoms with Crippen molar-refractivity contribution in [3.8, 4) is 0 Å². The standard InChI is InChI=1S/C9H16O5S/c1-9(5-10,6-11)8(12)14-4-7-13-2-3-15-7/h7,10-11H,2-6H2,1H3. The van der Waals surface area contributed by atoms with Crippen LogP contribution in [0.2, 0.25) is 0 Å². The van der Waals surface area contributed by atoms with Gasteiger partial charge in [-0.3, -0.25) is 4.79 Å². The molecule has 1 atom stereocenters. The van der Waals surface area contributed by atoms with E-state index in [1.165, 1.54) is 6.92 Å². The monoisotopic (exact) mass is 236 g/mol. The van der Waals surface area contributed by atoms with E-state index in [1.807, 2.05) is 0 Å². The Hall–Kier alpha value is -0.300. The van der Waals surface area contributed by atoms with Gasteiger partial charge in [-0.15, -0.1) is 11.8 Å². The van der Waals surface area contributed by atoms with E-state index >= 15 is 0 Å². The minimum atomic E-state index is -1.22. The lowest BCUT2D eigenvalue weighted by Crippen LogP contribution is -2.38. The zero-order chi connectivity index (χ0) is 11.3. The first-order chi connectivity index (χ1) is 7.12. The van der Waals surface area contributed by atoms with Crippen LogP contribution in [-0.4, -0.2) is 53.8 Å². The fourth-order valence-corrected chi connectivity index (χ4v) is 1.81. The molecule has 2 N–H and O–H groups in total. The Kier molecular flexibility index (Phi) is 4.85. The van der Waals surface area contributed by atoms with Crippen molar-refractivity contribution in [3.63, 3.8) is 0 Å². The van der Waals surface area contributed by atoms with Crippen molar-refractivity contribution in [3.05, 3.63) is 0 Å². The maximum atomic E-state index is 11.5. The fourth-order valence-electron chi connectivity index (χ4n) is 1.00. The van der Waals surface area contributed by atoms with Crippen molar-refractivity contribution in [1.82, 2.24) is 0 Å². The molecule has 0 aliphatic carbocycles. The molecule has 0 bridgehead atoms. The first-order valence-electron chi connectivity index (χ1n) is 4.74. The van der Waals surface area contributed by atoms with Crippen molar-refractivity contribution in [2.24, 2.45) is 5.41 Å². The molecule has 1 rings (SSSR count). The second kappa shape index (κ2) is 5.69. The van der Waals surface area contributed by atoms with E-state index in [1.54, 1.807) is 11.8 Å². The van der Waals surface area contributed by atoms with Crippen molar-refractivity contribution in [2.45, 2.75) is 12.4 Å². The van der Waals surface area contributed by atoms with Crippen LogP contribution < -0.4 is 0 Å². The predicted octanol–water partition coefficient (Wildman–Crippen LogP) is -0.390. The summed E-state index contributed by atoms with van der Waals surface area (Å²) in [5, 5.41) is 17.9. The van der Waals surface area contributed by atoms with Gasteiger partial charge in [0.1, 0.15) is 17.5 Å². The van der Waals surface area contributed by atoms with Crippen LogP contribution in [0.4, 0.5) is 0 Å². The van der Waals surface area contributed by atoms with Gasteiger partial charge in [-0.05, 0) is 6.92 Å². The number of esters is 1. The number of rotatable bonds is 5. The lowest BCUT2D eigenvalue weighted by atomic mass is 9.93. The highest BCUT2D eigenvalue weighted by atomic mass is 32.2. The Labute approximate surface area is 92.8 Å². The molecule has 0 aromatic rings. The third kappa shape index (κ3) is 3.34. The van der Waals surface area contributed by atoms with E-state index in [9.17, 15) is 4.79 Å². The molecule has 88 valence electrons. The van der Waals surface area contributed by atoms with E-state index in [0.29, 0.717) is 6.61 Å². The Morgan fingerprint density at radius 3 is 2.73 bits per heavy atom. The largest absolute Gasteiger partial charge is 0.461 e. The number of carbonyl (C=O) groups is 1. The highest BCUT2D eigenvalue weighted by molar-refractivity contribution is 8.00. The van der Waals surface area contributed by atoms with Gasteiger partial charge in [-0.2, -0.15) is 0 Å². The molecule has 15 heavy (non-hydrogen) atoms. The molecular formula is C9H16O5S. The van der Waals surface area contributed by atoms with Crippen LogP contribution in [0.25, 0.3) is 0 Å². The minimum Gasteiger partial charge on any atom is -0.461 e. The number of hydrogen-bond donors (Lipinski definition) is 2. The molecule has 5 nitrogen and oxygen atoms in total. The van der Waals surface area contributed by atoms with E-state index in [4.69, 9.17) is 19.7 Å². The van der Waals surface area contributed by atoms with Gasteiger partial charge in [0.15, 0.2) is 0 Å². The second-order valence-corrected chi connectivity index (χ2v) is 4.91. The molecule has 0 amide bonds. The molecule has 1 fully saturated rings. The summed E-state index contributed by atoms with van der Waals surface area (Å²) in [5.74, 6) is 0.308. The van der Waals surface area contributed by atoms with Crippen LogP contribution in [0, 0.1) is 5.41 Å². The van der Waals surface area contributed by atoms with E-state index in [2.05, 4.69) is 0 Å². The van der Waals surface area contributed by atoms with E-state index in [0.717, 1.165) is 5.75 Å². The smallest absolute Gasteiger partial charge is 0.316 e. The topological polar surface area (TPSA) is 76.0 Å². The summed E-state index contributed by atoms with van der Waals surface area (Å²) in [6, 6.07) is 0. The molecule has 1 unspecified atom stereocenters. The Bertz CT molecular complexity index is 211. The van der Waals surface area contributed by atoms with Crippen LogP contribution in [-0.2, 0) is 14.3 Å². The number of ether oxygens (including phenoxy) is 2. The second-order valence-electron chi connectivity index (χ2n) is 3.65. The molecule has 0 aromatic heterocycles. The van der Waals surface area contributed by atoms with Gasteiger partial charge in [0.05, 0.1) is 19.8 Å². The van der Waals surface area contributed by atoms with Crippen molar-refractivity contribution in [1.29, 1.82) is 0 Å². The molecular weight excluding hydrogens is 220 g/mol. The van der Waals surface area contributed by atoms with Gasteiger partial charge < -0.3 is 19.7 Å². The molecule has 1 saturated heterocycles. The molecule has 1 aliphatic rings.